The molecule has 1 aromatic rings. The van der Waals surface area contributed by atoms with Gasteiger partial charge in [-0.2, -0.15) is 0 Å². The molecule has 3 N–H and O–H groups in total. The minimum atomic E-state index is 0.892. The molecule has 0 unspecified atom stereocenters. The fraction of sp³-hybridized carbons (Fsp3) is 0.438. The van der Waals surface area contributed by atoms with Crippen molar-refractivity contribution >= 4 is 5.82 Å². The fourth-order valence-electron chi connectivity index (χ4n) is 1.74. The molecule has 1 heterocycles. The molecule has 0 saturated heterocycles. The van der Waals surface area contributed by atoms with E-state index in [4.69, 9.17) is 5.73 Å². The van der Waals surface area contributed by atoms with Gasteiger partial charge in [0.25, 0.3) is 0 Å². The summed E-state index contributed by atoms with van der Waals surface area (Å²) in [6.07, 6.45) is 7.70. The summed E-state index contributed by atoms with van der Waals surface area (Å²) in [6, 6.07) is 4.08. The first kappa shape index (κ1) is 16.2. The Kier molecular flexibility index (Phi) is 7.43. The van der Waals surface area contributed by atoms with E-state index in [0.717, 1.165) is 37.6 Å². The van der Waals surface area contributed by atoms with E-state index in [2.05, 4.69) is 40.3 Å². The van der Waals surface area contributed by atoms with E-state index in [9.17, 15) is 0 Å². The summed E-state index contributed by atoms with van der Waals surface area (Å²) in [5.74, 6) is 0.934. The van der Waals surface area contributed by atoms with Gasteiger partial charge >= 0.3 is 0 Å². The van der Waals surface area contributed by atoms with Crippen LogP contribution < -0.4 is 11.1 Å². The van der Waals surface area contributed by atoms with Crippen LogP contribution in [0.1, 0.15) is 19.4 Å². The second-order valence-corrected chi connectivity index (χ2v) is 4.85. The summed E-state index contributed by atoms with van der Waals surface area (Å²) < 4.78 is 0. The Balaban J connectivity index is 2.30. The molecular formula is C16H26N4. The van der Waals surface area contributed by atoms with Crippen molar-refractivity contribution in [3.63, 3.8) is 0 Å². The van der Waals surface area contributed by atoms with Gasteiger partial charge in [0.2, 0.25) is 0 Å². The van der Waals surface area contributed by atoms with Crippen LogP contribution in [0.4, 0.5) is 5.82 Å². The van der Waals surface area contributed by atoms with Crippen molar-refractivity contribution < 1.29 is 0 Å². The number of rotatable bonds is 8. The van der Waals surface area contributed by atoms with Crippen LogP contribution in [-0.4, -0.2) is 36.1 Å². The molecule has 0 spiro atoms. The molecule has 0 aliphatic carbocycles. The Morgan fingerprint density at radius 1 is 1.45 bits per heavy atom. The van der Waals surface area contributed by atoms with Crippen LogP contribution in [0.5, 0.6) is 0 Å². The molecule has 20 heavy (non-hydrogen) atoms. The summed E-state index contributed by atoms with van der Waals surface area (Å²) in [4.78, 5) is 6.70. The lowest BCUT2D eigenvalue weighted by molar-refractivity contribution is 0.331. The van der Waals surface area contributed by atoms with Crippen LogP contribution in [0.15, 0.2) is 42.3 Å². The number of anilines is 1. The third kappa shape index (κ3) is 6.38. The van der Waals surface area contributed by atoms with Crippen LogP contribution in [0.2, 0.25) is 0 Å². The highest BCUT2D eigenvalue weighted by Crippen LogP contribution is 2.03. The molecule has 0 fully saturated rings. The smallest absolute Gasteiger partial charge is 0.125 e. The highest BCUT2D eigenvalue weighted by molar-refractivity contribution is 5.35. The molecule has 1 aromatic heterocycles. The Bertz CT molecular complexity index is 434. The predicted octanol–water partition coefficient (Wildman–Crippen LogP) is 2.54. The number of nitrogens with zero attached hydrogens (tertiary/aromatic N) is 2. The molecule has 0 aliphatic rings. The Morgan fingerprint density at radius 2 is 2.25 bits per heavy atom. The summed E-state index contributed by atoms with van der Waals surface area (Å²) in [5.41, 5.74) is 7.70. The Morgan fingerprint density at radius 3 is 2.85 bits per heavy atom. The first-order valence-electron chi connectivity index (χ1n) is 7.09. The SMILES string of the molecule is CCN(C/C=C\C(C)=C/N)CCNc1ccc(C)cn1. The lowest BCUT2D eigenvalue weighted by Crippen LogP contribution is -2.29. The van der Waals surface area contributed by atoms with Gasteiger partial charge in [0.05, 0.1) is 0 Å². The zero-order chi connectivity index (χ0) is 14.8. The number of hydrogen-bond donors (Lipinski definition) is 2. The average Bonchev–Trinajstić information content (AvgIpc) is 2.47. The maximum Gasteiger partial charge on any atom is 0.125 e. The standard InChI is InChI=1S/C16H26N4/c1-4-20(10-5-6-14(2)12-17)11-9-18-16-8-7-15(3)13-19-16/h5-8,12-13H,4,9-11,17H2,1-3H3,(H,18,19)/b6-5-,14-12-. The van der Waals surface area contributed by atoms with Gasteiger partial charge in [-0.05, 0) is 43.8 Å². The summed E-state index contributed by atoms with van der Waals surface area (Å²) in [6.45, 7) is 10.1. The fourth-order valence-corrected chi connectivity index (χ4v) is 1.74. The van der Waals surface area contributed by atoms with Crippen LogP contribution in [-0.2, 0) is 0 Å². The molecule has 0 bridgehead atoms. The van der Waals surface area contributed by atoms with Gasteiger partial charge in [-0.1, -0.05) is 25.1 Å². The third-order valence-electron chi connectivity index (χ3n) is 3.10. The predicted molar refractivity (Wildman–Crippen MR) is 86.7 cm³/mol. The number of allylic oxidation sites excluding steroid dienone is 2. The monoisotopic (exact) mass is 274 g/mol. The van der Waals surface area contributed by atoms with E-state index >= 15 is 0 Å². The molecule has 0 radical (unpaired) electrons. The second kappa shape index (κ2) is 9.15. The van der Waals surface area contributed by atoms with Crippen LogP contribution >= 0.6 is 0 Å². The highest BCUT2D eigenvalue weighted by Gasteiger charge is 2.00. The van der Waals surface area contributed by atoms with Crippen molar-refractivity contribution in [1.82, 2.24) is 9.88 Å². The van der Waals surface area contributed by atoms with Crippen molar-refractivity contribution in [2.45, 2.75) is 20.8 Å². The van der Waals surface area contributed by atoms with Gasteiger partial charge in [0.15, 0.2) is 0 Å². The number of pyridine rings is 1. The van der Waals surface area contributed by atoms with Crippen molar-refractivity contribution in [3.8, 4) is 0 Å². The zero-order valence-electron chi connectivity index (χ0n) is 12.8. The molecule has 0 saturated carbocycles. The summed E-state index contributed by atoms with van der Waals surface area (Å²) in [5, 5.41) is 3.34. The van der Waals surface area contributed by atoms with Crippen LogP contribution in [0.25, 0.3) is 0 Å². The van der Waals surface area contributed by atoms with Crippen molar-refractivity contribution in [1.29, 1.82) is 0 Å². The molecule has 0 atom stereocenters. The average molecular weight is 274 g/mol. The van der Waals surface area contributed by atoms with E-state index in [1.165, 1.54) is 5.56 Å². The number of aromatic nitrogens is 1. The maximum atomic E-state index is 5.43. The molecule has 0 amide bonds. The van der Waals surface area contributed by atoms with Gasteiger partial charge in [-0.15, -0.1) is 0 Å². The first-order valence-corrected chi connectivity index (χ1v) is 7.09. The largest absolute Gasteiger partial charge is 0.404 e. The van der Waals surface area contributed by atoms with E-state index in [1.807, 2.05) is 26.1 Å². The topological polar surface area (TPSA) is 54.2 Å². The molecule has 4 heteroatoms. The van der Waals surface area contributed by atoms with Crippen LogP contribution in [0.3, 0.4) is 0 Å². The van der Waals surface area contributed by atoms with Gasteiger partial charge in [0.1, 0.15) is 5.82 Å². The quantitative estimate of drug-likeness (QED) is 0.715. The summed E-state index contributed by atoms with van der Waals surface area (Å²) >= 11 is 0. The third-order valence-corrected chi connectivity index (χ3v) is 3.10. The number of nitrogens with one attached hydrogen (secondary N) is 1. The van der Waals surface area contributed by atoms with E-state index < -0.39 is 0 Å². The van der Waals surface area contributed by atoms with Crippen molar-refractivity contribution in [3.05, 3.63) is 47.8 Å². The molecular weight excluding hydrogens is 248 g/mol. The van der Waals surface area contributed by atoms with E-state index in [0.29, 0.717) is 0 Å². The maximum absolute atomic E-state index is 5.43. The second-order valence-electron chi connectivity index (χ2n) is 4.85. The highest BCUT2D eigenvalue weighted by atomic mass is 15.1. The van der Waals surface area contributed by atoms with Gasteiger partial charge < -0.3 is 11.1 Å². The van der Waals surface area contributed by atoms with Crippen LogP contribution in [0, 0.1) is 6.92 Å². The Labute approximate surface area is 122 Å². The minimum Gasteiger partial charge on any atom is -0.404 e. The number of likely N-dealkylation sites (N-methyl/N-ethyl adjacent to an activating group) is 1. The molecule has 1 rings (SSSR count). The number of aryl methyl sites for hydroxylation is 1. The van der Waals surface area contributed by atoms with Gasteiger partial charge in [0, 0.05) is 25.8 Å². The normalized spacial score (nSPS) is 12.3. The lowest BCUT2D eigenvalue weighted by Gasteiger charge is -2.18. The Hall–Kier alpha value is -1.81. The molecule has 110 valence electrons. The van der Waals surface area contributed by atoms with Crippen molar-refractivity contribution in [2.24, 2.45) is 5.73 Å². The molecule has 4 nitrogen and oxygen atoms in total. The van der Waals surface area contributed by atoms with E-state index in [1.54, 1.807) is 6.20 Å². The lowest BCUT2D eigenvalue weighted by atomic mass is 10.3. The van der Waals surface area contributed by atoms with E-state index in [-0.39, 0.29) is 0 Å². The number of hydrogen-bond acceptors (Lipinski definition) is 4. The minimum absolute atomic E-state index is 0.892. The number of nitrogens with two attached hydrogens (primary N) is 1. The van der Waals surface area contributed by atoms with Gasteiger partial charge in [-0.25, -0.2) is 4.98 Å². The van der Waals surface area contributed by atoms with Crippen molar-refractivity contribution in [2.75, 3.05) is 31.5 Å². The molecule has 0 aromatic carbocycles. The first-order chi connectivity index (χ1) is 9.65. The van der Waals surface area contributed by atoms with Gasteiger partial charge in [-0.3, -0.25) is 4.90 Å². The molecule has 0 aliphatic heterocycles. The summed E-state index contributed by atoms with van der Waals surface area (Å²) in [7, 11) is 0. The zero-order valence-corrected chi connectivity index (χ0v) is 12.8.